The number of carbonyl (C=O) groups is 1. The molecule has 1 amide bonds. The second-order valence-corrected chi connectivity index (χ2v) is 9.65. The molecule has 0 aliphatic heterocycles. The summed E-state index contributed by atoms with van der Waals surface area (Å²) in [4.78, 5) is 23.8. The Bertz CT molecular complexity index is 1500. The molecule has 11 heteroatoms. The van der Waals surface area contributed by atoms with E-state index in [2.05, 4.69) is 26.3 Å². The lowest BCUT2D eigenvalue weighted by molar-refractivity contribution is -0.384. The van der Waals surface area contributed by atoms with Crippen LogP contribution in [0.3, 0.4) is 0 Å². The average Bonchev–Trinajstić information content (AvgIpc) is 3.31. The zero-order chi connectivity index (χ0) is 26.7. The van der Waals surface area contributed by atoms with E-state index in [4.69, 9.17) is 21.1 Å². The highest BCUT2D eigenvalue weighted by Gasteiger charge is 2.16. The van der Waals surface area contributed by atoms with Crippen LogP contribution in [-0.2, 0) is 6.73 Å². The number of anilines is 1. The highest BCUT2D eigenvalue weighted by Crippen LogP contribution is 2.33. The van der Waals surface area contributed by atoms with Crippen LogP contribution in [0, 0.1) is 30.9 Å². The second-order valence-electron chi connectivity index (χ2n) is 8.32. The average molecular weight is 586 g/mol. The molecule has 0 aliphatic rings. The molecular formula is C26H22BrClN4O5. The fourth-order valence-corrected chi connectivity index (χ4v) is 4.26. The first-order valence-corrected chi connectivity index (χ1v) is 12.2. The Morgan fingerprint density at radius 2 is 1.89 bits per heavy atom. The van der Waals surface area contributed by atoms with Gasteiger partial charge in [0.2, 0.25) is 0 Å². The van der Waals surface area contributed by atoms with Gasteiger partial charge in [0, 0.05) is 22.8 Å². The third-order valence-electron chi connectivity index (χ3n) is 5.47. The molecule has 4 aromatic rings. The number of aryl methyl sites for hydroxylation is 2. The number of nitrogens with one attached hydrogen (secondary N) is 1. The predicted molar refractivity (Wildman–Crippen MR) is 144 cm³/mol. The first-order valence-electron chi connectivity index (χ1n) is 11.1. The summed E-state index contributed by atoms with van der Waals surface area (Å²) in [7, 11) is 0. The third kappa shape index (κ3) is 6.46. The van der Waals surface area contributed by atoms with Crippen molar-refractivity contribution >= 4 is 44.8 Å². The predicted octanol–water partition coefficient (Wildman–Crippen LogP) is 7.21. The van der Waals surface area contributed by atoms with Gasteiger partial charge in [-0.15, -0.1) is 0 Å². The van der Waals surface area contributed by atoms with Crippen molar-refractivity contribution in [2.45, 2.75) is 27.5 Å². The molecule has 0 radical (unpaired) electrons. The molecule has 190 valence electrons. The summed E-state index contributed by atoms with van der Waals surface area (Å²) in [5.41, 5.74) is 3.03. The fraction of sp³-hybridized carbons (Fsp3) is 0.154. The molecule has 4 rings (SSSR count). The van der Waals surface area contributed by atoms with Crippen LogP contribution in [0.4, 0.5) is 11.4 Å². The molecule has 1 aromatic heterocycles. The number of carbonyl (C=O) groups excluding carboxylic acids is 1. The second kappa shape index (κ2) is 11.0. The van der Waals surface area contributed by atoms with Crippen LogP contribution in [0.2, 0.25) is 5.02 Å². The van der Waals surface area contributed by atoms with Crippen LogP contribution in [0.5, 0.6) is 17.2 Å². The SMILES string of the molecule is Cc1cc(C)c(C)c(Oc2cc(NC(=O)c3ccn(COc4ccc(Br)cc4Cl)n3)cc([N+](=O)[O-])c2)c1. The molecule has 1 N–H and O–H groups in total. The van der Waals surface area contributed by atoms with Crippen LogP contribution in [0.1, 0.15) is 27.2 Å². The number of benzene rings is 3. The molecule has 1 heterocycles. The molecule has 9 nitrogen and oxygen atoms in total. The molecule has 0 aliphatic carbocycles. The fourth-order valence-electron chi connectivity index (χ4n) is 3.53. The van der Waals surface area contributed by atoms with Gasteiger partial charge in [-0.25, -0.2) is 4.68 Å². The maximum Gasteiger partial charge on any atom is 0.276 e. The van der Waals surface area contributed by atoms with E-state index in [1.54, 1.807) is 24.4 Å². The summed E-state index contributed by atoms with van der Waals surface area (Å²) in [6, 6.07) is 14.7. The molecule has 0 saturated heterocycles. The highest BCUT2D eigenvalue weighted by atomic mass is 79.9. The van der Waals surface area contributed by atoms with E-state index in [0.717, 1.165) is 21.2 Å². The highest BCUT2D eigenvalue weighted by molar-refractivity contribution is 9.10. The minimum absolute atomic E-state index is 0.0265. The number of halogens is 2. The molecule has 0 saturated carbocycles. The monoisotopic (exact) mass is 584 g/mol. The number of hydrogen-bond donors (Lipinski definition) is 1. The minimum Gasteiger partial charge on any atom is -0.470 e. The topological polar surface area (TPSA) is 109 Å². The van der Waals surface area contributed by atoms with Crippen LogP contribution in [0.25, 0.3) is 0 Å². The third-order valence-corrected chi connectivity index (χ3v) is 6.26. The van der Waals surface area contributed by atoms with E-state index in [9.17, 15) is 14.9 Å². The van der Waals surface area contributed by atoms with E-state index in [0.29, 0.717) is 16.5 Å². The quantitative estimate of drug-likeness (QED) is 0.173. The standard InChI is InChI=1S/C26H22BrClN4O5/c1-15-8-16(2)17(3)25(9-15)37-21-12-19(11-20(13-21)32(34)35)29-26(33)23-6-7-31(30-23)14-36-24-5-4-18(27)10-22(24)28/h4-13H,14H2,1-3H3,(H,29,33). The number of amides is 1. The lowest BCUT2D eigenvalue weighted by Crippen LogP contribution is -2.14. The Kier molecular flexibility index (Phi) is 7.80. The van der Waals surface area contributed by atoms with Crippen molar-refractivity contribution in [1.82, 2.24) is 9.78 Å². The van der Waals surface area contributed by atoms with Crippen molar-refractivity contribution in [3.05, 3.63) is 103 Å². The Morgan fingerprint density at radius 3 is 2.62 bits per heavy atom. The number of nitro benzene ring substituents is 1. The number of hydrogen-bond acceptors (Lipinski definition) is 6. The lowest BCUT2D eigenvalue weighted by Gasteiger charge is -2.13. The summed E-state index contributed by atoms with van der Waals surface area (Å²) < 4.78 is 13.9. The van der Waals surface area contributed by atoms with Gasteiger partial charge in [0.1, 0.15) is 17.2 Å². The number of aromatic nitrogens is 2. The molecule has 37 heavy (non-hydrogen) atoms. The largest absolute Gasteiger partial charge is 0.470 e. The van der Waals surface area contributed by atoms with E-state index in [1.807, 2.05) is 32.9 Å². The van der Waals surface area contributed by atoms with Gasteiger partial charge in [-0.3, -0.25) is 14.9 Å². The normalized spacial score (nSPS) is 10.7. The molecule has 0 atom stereocenters. The van der Waals surface area contributed by atoms with Gasteiger partial charge in [-0.05, 0) is 67.8 Å². The number of ether oxygens (including phenoxy) is 2. The van der Waals surface area contributed by atoms with Crippen LogP contribution < -0.4 is 14.8 Å². The molecule has 0 unspecified atom stereocenters. The number of non-ortho nitro benzene ring substituents is 1. The summed E-state index contributed by atoms with van der Waals surface area (Å²) in [6.07, 6.45) is 1.58. The number of rotatable bonds is 8. The number of nitrogens with zero attached hydrogens (tertiary/aromatic N) is 3. The molecule has 0 fully saturated rings. The van der Waals surface area contributed by atoms with E-state index >= 15 is 0 Å². The summed E-state index contributed by atoms with van der Waals surface area (Å²) in [5, 5.41) is 18.8. The minimum atomic E-state index is -0.547. The van der Waals surface area contributed by atoms with Crippen molar-refractivity contribution in [1.29, 1.82) is 0 Å². The van der Waals surface area contributed by atoms with Gasteiger partial charge in [0.25, 0.3) is 11.6 Å². The van der Waals surface area contributed by atoms with Gasteiger partial charge in [0.05, 0.1) is 21.7 Å². The van der Waals surface area contributed by atoms with Crippen LogP contribution >= 0.6 is 27.5 Å². The van der Waals surface area contributed by atoms with Gasteiger partial charge >= 0.3 is 0 Å². The molecule has 3 aromatic carbocycles. The van der Waals surface area contributed by atoms with Crippen molar-refractivity contribution < 1.29 is 19.2 Å². The Morgan fingerprint density at radius 1 is 1.11 bits per heavy atom. The van der Waals surface area contributed by atoms with Gasteiger partial charge in [-0.1, -0.05) is 33.6 Å². The molecular weight excluding hydrogens is 564 g/mol. The van der Waals surface area contributed by atoms with Crippen molar-refractivity contribution in [2.24, 2.45) is 0 Å². The van der Waals surface area contributed by atoms with Crippen molar-refractivity contribution in [3.63, 3.8) is 0 Å². The van der Waals surface area contributed by atoms with E-state index in [1.165, 1.54) is 28.9 Å². The van der Waals surface area contributed by atoms with Crippen molar-refractivity contribution in [2.75, 3.05) is 5.32 Å². The van der Waals surface area contributed by atoms with Gasteiger partial charge < -0.3 is 14.8 Å². The van der Waals surface area contributed by atoms with Gasteiger partial charge in [0.15, 0.2) is 12.4 Å². The molecule has 0 bridgehead atoms. The van der Waals surface area contributed by atoms with Gasteiger partial charge in [-0.2, -0.15) is 5.10 Å². The van der Waals surface area contributed by atoms with E-state index in [-0.39, 0.29) is 29.5 Å². The summed E-state index contributed by atoms with van der Waals surface area (Å²) >= 11 is 9.49. The maximum absolute atomic E-state index is 12.8. The first kappa shape index (κ1) is 26.2. The maximum atomic E-state index is 12.8. The van der Waals surface area contributed by atoms with Crippen LogP contribution in [0.15, 0.2) is 65.3 Å². The number of nitro groups is 1. The first-order chi connectivity index (χ1) is 17.6. The molecule has 0 spiro atoms. The van der Waals surface area contributed by atoms with Crippen LogP contribution in [-0.4, -0.2) is 20.6 Å². The Labute approximate surface area is 226 Å². The van der Waals surface area contributed by atoms with E-state index < -0.39 is 10.8 Å². The van der Waals surface area contributed by atoms with Crippen molar-refractivity contribution in [3.8, 4) is 17.2 Å². The summed E-state index contributed by atoms with van der Waals surface area (Å²) in [6.45, 7) is 5.84. The zero-order valence-corrected chi connectivity index (χ0v) is 22.5. The Balaban J connectivity index is 1.50. The summed E-state index contributed by atoms with van der Waals surface area (Å²) in [5.74, 6) is 0.729. The lowest BCUT2D eigenvalue weighted by atomic mass is 10.1. The smallest absolute Gasteiger partial charge is 0.276 e. The Hall–Kier alpha value is -3.89. The zero-order valence-electron chi connectivity index (χ0n) is 20.1.